The first-order valence-electron chi connectivity index (χ1n) is 6.12. The number of methoxy groups -OCH3 is 2. The quantitative estimate of drug-likeness (QED) is 0.737. The van der Waals surface area contributed by atoms with E-state index >= 15 is 0 Å². The number of nitrogens with zero attached hydrogens (tertiary/aromatic N) is 4. The molecule has 21 heavy (non-hydrogen) atoms. The molecule has 0 aliphatic heterocycles. The molecule has 0 saturated carbocycles. The highest BCUT2D eigenvalue weighted by atomic mass is 16.5. The van der Waals surface area contributed by atoms with Crippen molar-refractivity contribution >= 4 is 17.4 Å². The van der Waals surface area contributed by atoms with Crippen LogP contribution in [0.15, 0.2) is 24.4 Å². The number of nitrogen functional groups attached to an aromatic ring is 2. The summed E-state index contributed by atoms with van der Waals surface area (Å²) >= 11 is 0. The lowest BCUT2D eigenvalue weighted by molar-refractivity contribution is 0.394. The number of ether oxygens (including phenoxy) is 2. The maximum Gasteiger partial charge on any atom is 0.240 e. The van der Waals surface area contributed by atoms with Gasteiger partial charge in [-0.3, -0.25) is 0 Å². The van der Waals surface area contributed by atoms with E-state index in [2.05, 4.69) is 15.1 Å². The van der Waals surface area contributed by atoms with Crippen LogP contribution in [0.2, 0.25) is 0 Å². The number of anilines is 2. The van der Waals surface area contributed by atoms with Crippen molar-refractivity contribution in [2.75, 3.05) is 25.7 Å². The van der Waals surface area contributed by atoms with Gasteiger partial charge in [0.25, 0.3) is 0 Å². The number of hydrogen-bond acceptors (Lipinski definition) is 7. The summed E-state index contributed by atoms with van der Waals surface area (Å²) in [6, 6.07) is 5.46. The first-order valence-corrected chi connectivity index (χ1v) is 6.12. The van der Waals surface area contributed by atoms with E-state index in [1.54, 1.807) is 31.0 Å². The maximum atomic E-state index is 5.79. The molecule has 0 bridgehead atoms. The van der Waals surface area contributed by atoms with Crippen LogP contribution in [-0.4, -0.2) is 33.8 Å². The van der Waals surface area contributed by atoms with Gasteiger partial charge < -0.3 is 20.9 Å². The van der Waals surface area contributed by atoms with Crippen molar-refractivity contribution in [1.82, 2.24) is 19.6 Å². The van der Waals surface area contributed by atoms with Gasteiger partial charge in [-0.1, -0.05) is 0 Å². The maximum absolute atomic E-state index is 5.79. The molecular formula is C13H14N6O2. The van der Waals surface area contributed by atoms with E-state index in [0.717, 1.165) is 5.56 Å². The molecule has 0 spiro atoms. The smallest absolute Gasteiger partial charge is 0.240 e. The molecule has 0 radical (unpaired) electrons. The van der Waals surface area contributed by atoms with Crippen LogP contribution in [0.3, 0.4) is 0 Å². The summed E-state index contributed by atoms with van der Waals surface area (Å²) < 4.78 is 12.1. The second kappa shape index (κ2) is 4.82. The van der Waals surface area contributed by atoms with Gasteiger partial charge >= 0.3 is 0 Å². The normalized spacial score (nSPS) is 10.8. The van der Waals surface area contributed by atoms with Crippen LogP contribution in [-0.2, 0) is 0 Å². The fourth-order valence-corrected chi connectivity index (χ4v) is 2.06. The minimum Gasteiger partial charge on any atom is -0.497 e. The molecule has 1 aromatic carbocycles. The Hall–Kier alpha value is -3.03. The van der Waals surface area contributed by atoms with Crippen LogP contribution in [0.5, 0.6) is 11.5 Å². The molecule has 3 aromatic rings. The highest BCUT2D eigenvalue weighted by molar-refractivity contribution is 5.70. The first-order chi connectivity index (χ1) is 10.1. The molecule has 8 heteroatoms. The summed E-state index contributed by atoms with van der Waals surface area (Å²) in [6.07, 6.45) is 1.60. The zero-order chi connectivity index (χ0) is 15.0. The third kappa shape index (κ3) is 2.16. The van der Waals surface area contributed by atoms with Crippen molar-refractivity contribution in [3.8, 4) is 22.8 Å². The van der Waals surface area contributed by atoms with E-state index in [9.17, 15) is 0 Å². The van der Waals surface area contributed by atoms with Gasteiger partial charge in [0.1, 0.15) is 11.5 Å². The largest absolute Gasteiger partial charge is 0.497 e. The molecule has 2 aromatic heterocycles. The Bertz CT molecular complexity index is 792. The van der Waals surface area contributed by atoms with E-state index in [0.29, 0.717) is 22.8 Å². The molecular weight excluding hydrogens is 272 g/mol. The molecule has 0 atom stereocenters. The van der Waals surface area contributed by atoms with Gasteiger partial charge in [-0.15, -0.1) is 5.10 Å². The Morgan fingerprint density at radius 1 is 1.05 bits per heavy atom. The van der Waals surface area contributed by atoms with Crippen molar-refractivity contribution in [2.24, 2.45) is 0 Å². The zero-order valence-electron chi connectivity index (χ0n) is 11.6. The molecule has 0 aliphatic carbocycles. The van der Waals surface area contributed by atoms with E-state index in [1.807, 2.05) is 12.1 Å². The Labute approximate surface area is 120 Å². The van der Waals surface area contributed by atoms with Crippen molar-refractivity contribution in [1.29, 1.82) is 0 Å². The van der Waals surface area contributed by atoms with Crippen LogP contribution in [0.25, 0.3) is 16.9 Å². The average Bonchev–Trinajstić information content (AvgIpc) is 2.89. The zero-order valence-corrected chi connectivity index (χ0v) is 11.6. The van der Waals surface area contributed by atoms with Gasteiger partial charge in [0, 0.05) is 11.6 Å². The van der Waals surface area contributed by atoms with E-state index in [1.165, 1.54) is 0 Å². The molecule has 4 N–H and O–H groups in total. The van der Waals surface area contributed by atoms with E-state index in [4.69, 9.17) is 20.9 Å². The van der Waals surface area contributed by atoms with Crippen LogP contribution in [0.1, 0.15) is 0 Å². The van der Waals surface area contributed by atoms with Gasteiger partial charge in [0.05, 0.1) is 26.1 Å². The van der Waals surface area contributed by atoms with Crippen molar-refractivity contribution in [3.05, 3.63) is 24.4 Å². The van der Waals surface area contributed by atoms with Crippen LogP contribution >= 0.6 is 0 Å². The number of rotatable bonds is 3. The third-order valence-electron chi connectivity index (χ3n) is 3.05. The predicted molar refractivity (Wildman–Crippen MR) is 78.1 cm³/mol. The first kappa shape index (κ1) is 13.0. The lowest BCUT2D eigenvalue weighted by Crippen LogP contribution is -2.01. The van der Waals surface area contributed by atoms with Gasteiger partial charge in [-0.2, -0.15) is 4.98 Å². The Morgan fingerprint density at radius 3 is 2.33 bits per heavy atom. The van der Waals surface area contributed by atoms with Crippen molar-refractivity contribution in [3.63, 3.8) is 0 Å². The summed E-state index contributed by atoms with van der Waals surface area (Å²) in [6.45, 7) is 0. The molecule has 0 aliphatic rings. The number of fused-ring (bicyclic) bond motifs is 1. The molecule has 108 valence electrons. The number of nitrogens with two attached hydrogens (primary N) is 2. The standard InChI is InChI=1S/C13H14N6O2/c1-20-8-3-7(4-9(5-8)21-2)10-6-16-11(14)12-17-13(15)18-19(10)12/h3-6H,1-2H3,(H2,14,16)(H2,15,18). The Balaban J connectivity index is 2.27. The molecule has 0 saturated heterocycles. The topological polar surface area (TPSA) is 114 Å². The summed E-state index contributed by atoms with van der Waals surface area (Å²) in [5, 5.41) is 4.14. The summed E-state index contributed by atoms with van der Waals surface area (Å²) in [5.41, 5.74) is 13.3. The SMILES string of the molecule is COc1cc(OC)cc(-c2cnc(N)c3nc(N)nn23)c1. The lowest BCUT2D eigenvalue weighted by atomic mass is 10.1. The van der Waals surface area contributed by atoms with Gasteiger partial charge in [-0.25, -0.2) is 9.50 Å². The predicted octanol–water partition coefficient (Wildman–Crippen LogP) is 0.973. The fourth-order valence-electron chi connectivity index (χ4n) is 2.06. The number of hydrogen-bond donors (Lipinski definition) is 2. The highest BCUT2D eigenvalue weighted by Gasteiger charge is 2.13. The molecule has 8 nitrogen and oxygen atoms in total. The molecule has 3 rings (SSSR count). The molecule has 0 unspecified atom stereocenters. The fraction of sp³-hybridized carbons (Fsp3) is 0.154. The van der Waals surface area contributed by atoms with Crippen LogP contribution < -0.4 is 20.9 Å². The summed E-state index contributed by atoms with van der Waals surface area (Å²) in [7, 11) is 3.17. The average molecular weight is 286 g/mol. The number of benzene rings is 1. The third-order valence-corrected chi connectivity index (χ3v) is 3.05. The molecule has 2 heterocycles. The van der Waals surface area contributed by atoms with Crippen molar-refractivity contribution < 1.29 is 9.47 Å². The number of aromatic nitrogens is 4. The second-order valence-electron chi connectivity index (χ2n) is 4.34. The Kier molecular flexibility index (Phi) is 2.98. The van der Waals surface area contributed by atoms with Gasteiger partial charge in [0.2, 0.25) is 5.95 Å². The highest BCUT2D eigenvalue weighted by Crippen LogP contribution is 2.30. The van der Waals surface area contributed by atoms with E-state index in [-0.39, 0.29) is 11.8 Å². The van der Waals surface area contributed by atoms with Gasteiger partial charge in [-0.05, 0) is 12.1 Å². The van der Waals surface area contributed by atoms with Crippen LogP contribution in [0, 0.1) is 0 Å². The molecule has 0 amide bonds. The van der Waals surface area contributed by atoms with Gasteiger partial charge in [0.15, 0.2) is 11.5 Å². The van der Waals surface area contributed by atoms with Crippen LogP contribution in [0.4, 0.5) is 11.8 Å². The molecule has 0 fully saturated rings. The monoisotopic (exact) mass is 286 g/mol. The minimum absolute atomic E-state index is 0.130. The minimum atomic E-state index is 0.130. The van der Waals surface area contributed by atoms with Crippen molar-refractivity contribution in [2.45, 2.75) is 0 Å². The second-order valence-corrected chi connectivity index (χ2v) is 4.34. The Morgan fingerprint density at radius 2 is 1.71 bits per heavy atom. The summed E-state index contributed by atoms with van der Waals surface area (Å²) in [4.78, 5) is 8.19. The lowest BCUT2D eigenvalue weighted by Gasteiger charge is -2.09. The summed E-state index contributed by atoms with van der Waals surface area (Å²) in [5.74, 6) is 1.70. The van der Waals surface area contributed by atoms with E-state index < -0.39 is 0 Å².